The molecule has 0 unspecified atom stereocenters. The lowest BCUT2D eigenvalue weighted by molar-refractivity contribution is 0.0942. The Labute approximate surface area is 127 Å². The van der Waals surface area contributed by atoms with E-state index in [2.05, 4.69) is 29.0 Å². The molecule has 1 aromatic rings. The highest BCUT2D eigenvalue weighted by atomic mass is 16.1. The Hall–Kier alpha value is -1.42. The molecule has 2 atom stereocenters. The first-order valence-corrected chi connectivity index (χ1v) is 7.99. The zero-order valence-electron chi connectivity index (χ0n) is 13.4. The van der Waals surface area contributed by atoms with E-state index in [1.165, 1.54) is 19.5 Å². The molecule has 21 heavy (non-hydrogen) atoms. The van der Waals surface area contributed by atoms with Crippen LogP contribution < -0.4 is 5.32 Å². The summed E-state index contributed by atoms with van der Waals surface area (Å²) in [5.41, 5.74) is 1.38. The second kappa shape index (κ2) is 7.55. The summed E-state index contributed by atoms with van der Waals surface area (Å²) in [6, 6.07) is 5.53. The first kappa shape index (κ1) is 16.0. The number of carbonyl (C=O) groups excluding carboxylic acids is 1. The number of hydrogen-bond acceptors (Lipinski definition) is 3. The van der Waals surface area contributed by atoms with Crippen molar-refractivity contribution >= 4 is 5.91 Å². The minimum Gasteiger partial charge on any atom is -0.351 e. The molecule has 4 nitrogen and oxygen atoms in total. The maximum atomic E-state index is 12.0. The number of aryl methyl sites for hydroxylation is 1. The van der Waals surface area contributed by atoms with E-state index >= 15 is 0 Å². The van der Waals surface area contributed by atoms with Gasteiger partial charge in [-0.3, -0.25) is 4.79 Å². The van der Waals surface area contributed by atoms with Crippen LogP contribution in [-0.2, 0) is 0 Å². The second-order valence-electron chi connectivity index (χ2n) is 6.48. The number of likely N-dealkylation sites (tertiary alicyclic amines) is 1. The Bertz CT molecular complexity index is 465. The van der Waals surface area contributed by atoms with Crippen molar-refractivity contribution in [1.29, 1.82) is 0 Å². The molecule has 2 rings (SSSR count). The smallest absolute Gasteiger partial charge is 0.269 e. The summed E-state index contributed by atoms with van der Waals surface area (Å²) in [5, 5.41) is 2.96. The molecule has 1 aliphatic heterocycles. The molecule has 1 amide bonds. The van der Waals surface area contributed by atoms with Gasteiger partial charge in [0.1, 0.15) is 5.69 Å². The molecule has 4 heteroatoms. The van der Waals surface area contributed by atoms with Gasteiger partial charge >= 0.3 is 0 Å². The maximum absolute atomic E-state index is 12.0. The molecule has 1 N–H and O–H groups in total. The Morgan fingerprint density at radius 2 is 2.05 bits per heavy atom. The summed E-state index contributed by atoms with van der Waals surface area (Å²) < 4.78 is 0. The number of pyridine rings is 1. The van der Waals surface area contributed by atoms with Crippen molar-refractivity contribution in [3.8, 4) is 0 Å². The third-order valence-corrected chi connectivity index (χ3v) is 4.00. The molecular weight excluding hydrogens is 262 g/mol. The van der Waals surface area contributed by atoms with Gasteiger partial charge in [-0.05, 0) is 50.3 Å². The summed E-state index contributed by atoms with van der Waals surface area (Å²) in [7, 11) is 0. The molecule has 0 spiro atoms. The number of nitrogens with zero attached hydrogens (tertiary/aromatic N) is 2. The van der Waals surface area contributed by atoms with E-state index in [1.807, 2.05) is 19.1 Å². The maximum Gasteiger partial charge on any atom is 0.269 e. The summed E-state index contributed by atoms with van der Waals surface area (Å²) in [6.07, 6.45) is 2.34. The third-order valence-electron chi connectivity index (χ3n) is 4.00. The highest BCUT2D eigenvalue weighted by Gasteiger charge is 2.21. The van der Waals surface area contributed by atoms with Gasteiger partial charge in [0.15, 0.2) is 0 Å². The average molecular weight is 289 g/mol. The fourth-order valence-corrected chi connectivity index (χ4v) is 3.24. The number of aromatic nitrogens is 1. The van der Waals surface area contributed by atoms with E-state index < -0.39 is 0 Å². The largest absolute Gasteiger partial charge is 0.351 e. The first-order valence-electron chi connectivity index (χ1n) is 7.99. The van der Waals surface area contributed by atoms with Crippen molar-refractivity contribution in [2.75, 3.05) is 26.2 Å². The number of nitrogens with one attached hydrogen (secondary N) is 1. The molecule has 0 aromatic carbocycles. The Morgan fingerprint density at radius 1 is 1.33 bits per heavy atom. The highest BCUT2D eigenvalue weighted by Crippen LogP contribution is 2.20. The molecule has 1 saturated heterocycles. The molecule has 1 aliphatic rings. The topological polar surface area (TPSA) is 45.2 Å². The molecule has 1 aromatic heterocycles. The molecule has 0 aliphatic carbocycles. The lowest BCUT2D eigenvalue weighted by Gasteiger charge is -2.34. The van der Waals surface area contributed by atoms with Crippen molar-refractivity contribution < 1.29 is 4.79 Å². The van der Waals surface area contributed by atoms with Crippen molar-refractivity contribution in [1.82, 2.24) is 15.2 Å². The van der Waals surface area contributed by atoms with Crippen LogP contribution in [0.1, 0.15) is 42.9 Å². The van der Waals surface area contributed by atoms with E-state index in [1.54, 1.807) is 6.07 Å². The highest BCUT2D eigenvalue weighted by molar-refractivity contribution is 5.92. The average Bonchev–Trinajstić information content (AvgIpc) is 2.42. The zero-order valence-corrected chi connectivity index (χ0v) is 13.4. The Balaban J connectivity index is 1.69. The van der Waals surface area contributed by atoms with Gasteiger partial charge in [-0.25, -0.2) is 4.98 Å². The van der Waals surface area contributed by atoms with Gasteiger partial charge in [0, 0.05) is 25.3 Å². The number of piperidine rings is 1. The van der Waals surface area contributed by atoms with Crippen LogP contribution in [0.3, 0.4) is 0 Å². The normalized spacial score (nSPS) is 23.0. The molecule has 116 valence electrons. The van der Waals surface area contributed by atoms with Crippen molar-refractivity contribution in [2.45, 2.75) is 33.6 Å². The standard InChI is InChI=1S/C17H27N3O/c1-13-10-14(2)12-20(11-13)9-5-8-18-17(21)16-7-4-6-15(3)19-16/h4,6-7,13-14H,5,8-12H2,1-3H3,(H,18,21)/t13-,14-/m0/s1. The zero-order chi connectivity index (χ0) is 15.2. The van der Waals surface area contributed by atoms with E-state index in [-0.39, 0.29) is 5.91 Å². The van der Waals surface area contributed by atoms with Gasteiger partial charge < -0.3 is 10.2 Å². The van der Waals surface area contributed by atoms with Gasteiger partial charge in [-0.2, -0.15) is 0 Å². The number of rotatable bonds is 5. The monoisotopic (exact) mass is 289 g/mol. The van der Waals surface area contributed by atoms with Crippen molar-refractivity contribution in [3.63, 3.8) is 0 Å². The van der Waals surface area contributed by atoms with E-state index in [4.69, 9.17) is 0 Å². The Morgan fingerprint density at radius 3 is 2.71 bits per heavy atom. The van der Waals surface area contributed by atoms with E-state index in [9.17, 15) is 4.79 Å². The minimum atomic E-state index is -0.0703. The van der Waals surface area contributed by atoms with Crippen molar-refractivity contribution in [3.05, 3.63) is 29.6 Å². The lowest BCUT2D eigenvalue weighted by Crippen LogP contribution is -2.40. The SMILES string of the molecule is Cc1cccc(C(=O)NCCCN2C[C@@H](C)C[C@H](C)C2)n1. The molecule has 1 fully saturated rings. The van der Waals surface area contributed by atoms with Crippen molar-refractivity contribution in [2.24, 2.45) is 11.8 Å². The molecule has 0 saturated carbocycles. The fraction of sp³-hybridized carbons (Fsp3) is 0.647. The van der Waals surface area contributed by atoms with Crippen LogP contribution in [-0.4, -0.2) is 42.0 Å². The van der Waals surface area contributed by atoms with Gasteiger partial charge in [0.2, 0.25) is 0 Å². The molecule has 0 radical (unpaired) electrons. The minimum absolute atomic E-state index is 0.0703. The van der Waals surface area contributed by atoms with Gasteiger partial charge in [-0.15, -0.1) is 0 Å². The summed E-state index contributed by atoms with van der Waals surface area (Å²) >= 11 is 0. The number of amides is 1. The van der Waals surface area contributed by atoms with Crippen LogP contribution in [0.15, 0.2) is 18.2 Å². The summed E-state index contributed by atoms with van der Waals surface area (Å²) in [5.74, 6) is 1.51. The van der Waals surface area contributed by atoms with Crippen LogP contribution in [0.25, 0.3) is 0 Å². The number of hydrogen-bond donors (Lipinski definition) is 1. The molecule has 0 bridgehead atoms. The van der Waals surface area contributed by atoms with Crippen LogP contribution in [0.4, 0.5) is 0 Å². The van der Waals surface area contributed by atoms with Crippen LogP contribution in [0.2, 0.25) is 0 Å². The Kier molecular flexibility index (Phi) is 5.74. The van der Waals surface area contributed by atoms with Crippen LogP contribution in [0, 0.1) is 18.8 Å². The van der Waals surface area contributed by atoms with E-state index in [0.717, 1.165) is 30.5 Å². The summed E-state index contributed by atoms with van der Waals surface area (Å²) in [6.45, 7) is 10.7. The first-order chi connectivity index (χ1) is 10.0. The van der Waals surface area contributed by atoms with Crippen LogP contribution in [0.5, 0.6) is 0 Å². The molecular formula is C17H27N3O. The van der Waals surface area contributed by atoms with Crippen LogP contribution >= 0.6 is 0 Å². The predicted molar refractivity (Wildman–Crippen MR) is 85.3 cm³/mol. The lowest BCUT2D eigenvalue weighted by atomic mass is 9.92. The van der Waals surface area contributed by atoms with E-state index in [0.29, 0.717) is 12.2 Å². The predicted octanol–water partition coefficient (Wildman–Crippen LogP) is 2.49. The van der Waals surface area contributed by atoms with Gasteiger partial charge in [-0.1, -0.05) is 19.9 Å². The molecule has 2 heterocycles. The quantitative estimate of drug-likeness (QED) is 0.847. The second-order valence-corrected chi connectivity index (χ2v) is 6.48. The fourth-order valence-electron chi connectivity index (χ4n) is 3.24. The van der Waals surface area contributed by atoms with Gasteiger partial charge in [0.05, 0.1) is 0 Å². The van der Waals surface area contributed by atoms with Gasteiger partial charge in [0.25, 0.3) is 5.91 Å². The third kappa shape index (κ3) is 5.12. The number of carbonyl (C=O) groups is 1. The summed E-state index contributed by atoms with van der Waals surface area (Å²) in [4.78, 5) is 18.7.